The van der Waals surface area contributed by atoms with Crippen molar-refractivity contribution in [3.8, 4) is 0 Å². The molecule has 3 saturated heterocycles. The number of hydrogen-bond acceptors (Lipinski definition) is 3. The highest BCUT2D eigenvalue weighted by Crippen LogP contribution is 2.28. The van der Waals surface area contributed by atoms with Crippen molar-refractivity contribution in [1.82, 2.24) is 4.31 Å². The predicted octanol–water partition coefficient (Wildman–Crippen LogP) is -1.34. The zero-order valence-electron chi connectivity index (χ0n) is 5.93. The van der Waals surface area contributed by atoms with Gasteiger partial charge >= 0.3 is 0 Å². The second-order valence-corrected chi connectivity index (χ2v) is 4.52. The number of hydrogen-bond donors (Lipinski definition) is 1. The van der Waals surface area contributed by atoms with E-state index in [-0.39, 0.29) is 12.2 Å². The lowest BCUT2D eigenvalue weighted by Crippen LogP contribution is -2.59. The summed E-state index contributed by atoms with van der Waals surface area (Å²) in [4.78, 5) is 0. The van der Waals surface area contributed by atoms with Crippen molar-refractivity contribution >= 4 is 10.2 Å². The molecule has 3 aliphatic rings. The van der Waals surface area contributed by atoms with Gasteiger partial charge in [-0.25, -0.2) is 5.14 Å². The molecule has 0 amide bonds. The van der Waals surface area contributed by atoms with Crippen LogP contribution in [0.1, 0.15) is 6.42 Å². The Balaban J connectivity index is 2.09. The smallest absolute Gasteiger partial charge is 0.277 e. The van der Waals surface area contributed by atoms with E-state index in [2.05, 4.69) is 0 Å². The molecular weight excluding hydrogens is 168 g/mol. The van der Waals surface area contributed by atoms with Crippen molar-refractivity contribution in [2.45, 2.75) is 18.6 Å². The van der Waals surface area contributed by atoms with Crippen molar-refractivity contribution in [1.29, 1.82) is 0 Å². The number of rotatable bonds is 1. The average molecular weight is 178 g/mol. The molecule has 3 heterocycles. The van der Waals surface area contributed by atoms with Crippen LogP contribution in [-0.2, 0) is 14.9 Å². The van der Waals surface area contributed by atoms with Crippen LogP contribution in [0.3, 0.4) is 0 Å². The van der Waals surface area contributed by atoms with Gasteiger partial charge in [-0.05, 0) is 0 Å². The van der Waals surface area contributed by atoms with E-state index in [1.54, 1.807) is 0 Å². The van der Waals surface area contributed by atoms with Crippen LogP contribution in [0.5, 0.6) is 0 Å². The largest absolute Gasteiger partial charge is 0.372 e. The van der Waals surface area contributed by atoms with Gasteiger partial charge in [0, 0.05) is 19.5 Å². The number of fused-ring (bicyclic) bond motifs is 2. The lowest BCUT2D eigenvalue weighted by Gasteiger charge is -2.45. The molecule has 0 radical (unpaired) electrons. The highest BCUT2D eigenvalue weighted by atomic mass is 32.2. The van der Waals surface area contributed by atoms with Gasteiger partial charge in [0.1, 0.15) is 0 Å². The van der Waals surface area contributed by atoms with Crippen LogP contribution in [0.4, 0.5) is 0 Å². The van der Waals surface area contributed by atoms with Gasteiger partial charge in [-0.3, -0.25) is 0 Å². The summed E-state index contributed by atoms with van der Waals surface area (Å²) in [6.07, 6.45) is 1.16. The zero-order valence-corrected chi connectivity index (χ0v) is 6.75. The Morgan fingerprint density at radius 1 is 1.36 bits per heavy atom. The highest BCUT2D eigenvalue weighted by molar-refractivity contribution is 7.86. The lowest BCUT2D eigenvalue weighted by atomic mass is 10.0. The SMILES string of the molecule is NS(=O)(=O)N1CC2CC(C1)O2. The summed E-state index contributed by atoms with van der Waals surface area (Å²) in [5.41, 5.74) is 0. The first-order chi connectivity index (χ1) is 5.05. The zero-order chi connectivity index (χ0) is 8.06. The fourth-order valence-corrected chi connectivity index (χ4v) is 2.27. The molecule has 11 heavy (non-hydrogen) atoms. The molecule has 64 valence electrons. The Morgan fingerprint density at radius 3 is 2.09 bits per heavy atom. The van der Waals surface area contributed by atoms with Crippen LogP contribution in [0.15, 0.2) is 0 Å². The number of nitrogens with two attached hydrogens (primary N) is 1. The van der Waals surface area contributed by atoms with Crippen LogP contribution >= 0.6 is 0 Å². The molecule has 0 aromatic carbocycles. The fraction of sp³-hybridized carbons (Fsp3) is 1.00. The Labute approximate surface area is 65.3 Å². The van der Waals surface area contributed by atoms with Crippen molar-refractivity contribution in [3.05, 3.63) is 0 Å². The van der Waals surface area contributed by atoms with E-state index < -0.39 is 10.2 Å². The second kappa shape index (κ2) is 2.16. The molecule has 3 aliphatic heterocycles. The third-order valence-electron chi connectivity index (χ3n) is 2.09. The standard InChI is InChI=1S/C5H10N2O3S/c6-11(8,9)7-2-4-1-5(3-7)10-4/h4-5H,1-3H2,(H2,6,8,9). The van der Waals surface area contributed by atoms with Gasteiger partial charge in [-0.2, -0.15) is 12.7 Å². The van der Waals surface area contributed by atoms with E-state index >= 15 is 0 Å². The quantitative estimate of drug-likeness (QED) is 0.540. The maximum Gasteiger partial charge on any atom is 0.277 e. The minimum Gasteiger partial charge on any atom is -0.372 e. The first-order valence-electron chi connectivity index (χ1n) is 3.49. The first-order valence-corrected chi connectivity index (χ1v) is 4.99. The monoisotopic (exact) mass is 178 g/mol. The van der Waals surface area contributed by atoms with Gasteiger partial charge in [0.15, 0.2) is 0 Å². The fourth-order valence-electron chi connectivity index (χ4n) is 1.53. The summed E-state index contributed by atoms with van der Waals surface area (Å²) >= 11 is 0. The molecule has 0 aromatic heterocycles. The number of piperidine rings is 1. The van der Waals surface area contributed by atoms with Crippen molar-refractivity contribution in [2.24, 2.45) is 5.14 Å². The van der Waals surface area contributed by atoms with E-state index in [0.717, 1.165) is 6.42 Å². The van der Waals surface area contributed by atoms with Gasteiger partial charge in [0.05, 0.1) is 12.2 Å². The van der Waals surface area contributed by atoms with E-state index in [1.165, 1.54) is 4.31 Å². The van der Waals surface area contributed by atoms with E-state index in [0.29, 0.717) is 13.1 Å². The van der Waals surface area contributed by atoms with Crippen LogP contribution in [0, 0.1) is 0 Å². The lowest BCUT2D eigenvalue weighted by molar-refractivity contribution is -0.164. The number of morpholine rings is 1. The molecule has 2 atom stereocenters. The molecule has 0 aliphatic carbocycles. The van der Waals surface area contributed by atoms with E-state index in [9.17, 15) is 8.42 Å². The normalized spacial score (nSPS) is 38.3. The minimum absolute atomic E-state index is 0.0899. The van der Waals surface area contributed by atoms with Crippen LogP contribution in [-0.4, -0.2) is 38.0 Å². The summed E-state index contributed by atoms with van der Waals surface area (Å²) in [6.45, 7) is 0.852. The summed E-state index contributed by atoms with van der Waals surface area (Å²) < 4.78 is 28.1. The Hall–Kier alpha value is -0.170. The molecule has 0 aromatic rings. The van der Waals surface area contributed by atoms with Gasteiger partial charge in [0.2, 0.25) is 0 Å². The molecule has 6 heteroatoms. The van der Waals surface area contributed by atoms with Crippen LogP contribution in [0.2, 0.25) is 0 Å². The molecule has 3 fully saturated rings. The third-order valence-corrected chi connectivity index (χ3v) is 3.10. The van der Waals surface area contributed by atoms with Crippen molar-refractivity contribution in [2.75, 3.05) is 13.1 Å². The summed E-state index contributed by atoms with van der Waals surface area (Å²) in [7, 11) is -3.48. The highest BCUT2D eigenvalue weighted by Gasteiger charge is 2.41. The average Bonchev–Trinajstić information content (AvgIpc) is 1.84. The van der Waals surface area contributed by atoms with Gasteiger partial charge in [-0.15, -0.1) is 0 Å². The molecule has 0 spiro atoms. The molecular formula is C5H10N2O3S. The minimum atomic E-state index is -3.48. The molecule has 5 nitrogen and oxygen atoms in total. The second-order valence-electron chi connectivity index (χ2n) is 2.98. The van der Waals surface area contributed by atoms with Crippen molar-refractivity contribution < 1.29 is 13.2 Å². The van der Waals surface area contributed by atoms with Crippen LogP contribution < -0.4 is 5.14 Å². The molecule has 2 bridgehead atoms. The number of ether oxygens (including phenoxy) is 1. The third kappa shape index (κ3) is 1.26. The molecule has 0 saturated carbocycles. The number of nitrogens with zero attached hydrogens (tertiary/aromatic N) is 1. The topological polar surface area (TPSA) is 72.6 Å². The summed E-state index contributed by atoms with van der Waals surface area (Å²) in [5, 5.41) is 4.94. The van der Waals surface area contributed by atoms with Gasteiger partial charge in [-0.1, -0.05) is 0 Å². The molecule has 3 rings (SSSR count). The maximum absolute atomic E-state index is 10.8. The van der Waals surface area contributed by atoms with Gasteiger partial charge in [0.25, 0.3) is 10.2 Å². The molecule has 2 N–H and O–H groups in total. The van der Waals surface area contributed by atoms with Gasteiger partial charge < -0.3 is 4.74 Å². The summed E-state index contributed by atoms with van der Waals surface area (Å²) in [6, 6.07) is 0. The predicted molar refractivity (Wildman–Crippen MR) is 38.0 cm³/mol. The van der Waals surface area contributed by atoms with Crippen LogP contribution in [0.25, 0.3) is 0 Å². The summed E-state index contributed by atoms with van der Waals surface area (Å²) in [5.74, 6) is 0. The Kier molecular flexibility index (Phi) is 1.47. The van der Waals surface area contributed by atoms with E-state index in [4.69, 9.17) is 9.88 Å². The molecule has 2 unspecified atom stereocenters. The maximum atomic E-state index is 10.8. The Bertz CT molecular complexity index is 247. The van der Waals surface area contributed by atoms with E-state index in [1.807, 2.05) is 0 Å². The Morgan fingerprint density at radius 2 is 1.82 bits per heavy atom. The van der Waals surface area contributed by atoms with Crippen molar-refractivity contribution in [3.63, 3.8) is 0 Å². The first kappa shape index (κ1) is 7.48.